The van der Waals surface area contributed by atoms with Crippen LogP contribution in [0.25, 0.3) is 0 Å². The van der Waals surface area contributed by atoms with Crippen LogP contribution in [0.2, 0.25) is 0 Å². The molecule has 30 heavy (non-hydrogen) atoms. The van der Waals surface area contributed by atoms with Crippen LogP contribution in [0, 0.1) is 0 Å². The van der Waals surface area contributed by atoms with E-state index in [1.165, 1.54) is 64.3 Å². The van der Waals surface area contributed by atoms with Crippen LogP contribution in [0.3, 0.4) is 0 Å². The van der Waals surface area contributed by atoms with Gasteiger partial charge in [-0.25, -0.2) is 4.79 Å². The number of Topliss-reactive ketones (excluding diaryl/α,β-unsaturated/α-hetero) is 1. The van der Waals surface area contributed by atoms with Gasteiger partial charge in [0.15, 0.2) is 0 Å². The topological polar surface area (TPSA) is 85.3 Å². The number of hydrogen-bond acceptors (Lipinski definition) is 7. The number of nitrogens with zero attached hydrogens (tertiary/aromatic N) is 1. The Bertz CT molecular complexity index is 790. The summed E-state index contributed by atoms with van der Waals surface area (Å²) in [6.07, 6.45) is 3.96. The molecule has 3 rings (SSSR count). The van der Waals surface area contributed by atoms with Crippen LogP contribution in [0.4, 0.5) is 0 Å². The molecule has 164 valence electrons. The molecule has 0 atom stereocenters. The molecule has 1 aromatic heterocycles. The molecule has 2 heterocycles. The van der Waals surface area contributed by atoms with Crippen molar-refractivity contribution in [1.29, 1.82) is 0 Å². The Balaban J connectivity index is 0.000000214. The molecule has 2 aromatic rings. The molecule has 8 heteroatoms. The average Bonchev–Trinajstić information content (AvgIpc) is 3.45. The van der Waals surface area contributed by atoms with Gasteiger partial charge in [0, 0.05) is 36.4 Å². The maximum Gasteiger partial charge on any atom is 0.343 e. The summed E-state index contributed by atoms with van der Waals surface area (Å²) in [4.78, 5) is 26.2. The highest BCUT2D eigenvalue weighted by molar-refractivity contribution is 7.10. The fourth-order valence-electron chi connectivity index (χ4n) is 3.20. The Morgan fingerprint density at radius 1 is 1.07 bits per heavy atom. The van der Waals surface area contributed by atoms with Gasteiger partial charge in [-0.3, -0.25) is 4.79 Å². The van der Waals surface area contributed by atoms with Gasteiger partial charge in [0.05, 0.1) is 21.3 Å². The predicted molar refractivity (Wildman–Crippen MR) is 116 cm³/mol. The number of carbonyl (C=O) groups is 2. The van der Waals surface area contributed by atoms with Gasteiger partial charge in [0.2, 0.25) is 0 Å². The van der Waals surface area contributed by atoms with E-state index in [9.17, 15) is 9.59 Å². The Labute approximate surface area is 181 Å². The Morgan fingerprint density at radius 3 is 2.17 bits per heavy atom. The molecule has 1 aromatic carbocycles. The third-order valence-electron chi connectivity index (χ3n) is 4.79. The fourth-order valence-corrected chi connectivity index (χ4v) is 3.93. The van der Waals surface area contributed by atoms with Crippen molar-refractivity contribution in [2.75, 3.05) is 41.0 Å². The SMILES string of the molecule is COc1cc(OC)c(C(=O)O)c(OC)c1.O=C(CCN1CCCC1)Cc1cccs1. The first-order chi connectivity index (χ1) is 14.5. The highest BCUT2D eigenvalue weighted by Crippen LogP contribution is 2.33. The van der Waals surface area contributed by atoms with Gasteiger partial charge in [-0.15, -0.1) is 11.3 Å². The first-order valence-corrected chi connectivity index (χ1v) is 10.7. The minimum Gasteiger partial charge on any atom is -0.496 e. The Kier molecular flexibility index (Phi) is 9.63. The number of hydrogen-bond donors (Lipinski definition) is 1. The number of aromatic carboxylic acids is 1. The molecular formula is C22H29NO6S. The third-order valence-corrected chi connectivity index (χ3v) is 5.66. The van der Waals surface area contributed by atoms with Crippen molar-refractivity contribution in [2.24, 2.45) is 0 Å². The molecule has 0 aliphatic carbocycles. The van der Waals surface area contributed by atoms with E-state index >= 15 is 0 Å². The highest BCUT2D eigenvalue weighted by atomic mass is 32.1. The summed E-state index contributed by atoms with van der Waals surface area (Å²) in [6, 6.07) is 7.03. The van der Waals surface area contributed by atoms with Gasteiger partial charge in [0.1, 0.15) is 28.6 Å². The molecule has 1 aliphatic heterocycles. The first-order valence-electron chi connectivity index (χ1n) is 9.78. The zero-order valence-electron chi connectivity index (χ0n) is 17.7. The number of carboxylic acid groups (broad SMARTS) is 1. The van der Waals surface area contributed by atoms with E-state index in [0.717, 1.165) is 13.0 Å². The normalized spacial score (nSPS) is 13.3. The van der Waals surface area contributed by atoms with Crippen LogP contribution < -0.4 is 14.2 Å². The molecule has 1 N–H and O–H groups in total. The van der Waals surface area contributed by atoms with Gasteiger partial charge < -0.3 is 24.2 Å². The van der Waals surface area contributed by atoms with E-state index in [0.29, 0.717) is 18.0 Å². The Hall–Kier alpha value is -2.58. The molecule has 0 amide bonds. The molecular weight excluding hydrogens is 406 g/mol. The molecule has 0 bridgehead atoms. The number of rotatable bonds is 9. The molecule has 1 saturated heterocycles. The lowest BCUT2D eigenvalue weighted by molar-refractivity contribution is -0.118. The van der Waals surface area contributed by atoms with Crippen molar-refractivity contribution in [1.82, 2.24) is 4.90 Å². The van der Waals surface area contributed by atoms with Gasteiger partial charge >= 0.3 is 5.97 Å². The average molecular weight is 436 g/mol. The van der Waals surface area contributed by atoms with E-state index < -0.39 is 5.97 Å². The van der Waals surface area contributed by atoms with E-state index in [1.807, 2.05) is 17.5 Å². The maximum atomic E-state index is 11.6. The second kappa shape index (κ2) is 12.2. The first kappa shape index (κ1) is 23.7. The predicted octanol–water partition coefficient (Wildman–Crippen LogP) is 3.76. The summed E-state index contributed by atoms with van der Waals surface area (Å²) >= 11 is 1.67. The largest absolute Gasteiger partial charge is 0.496 e. The van der Waals surface area contributed by atoms with Crippen LogP contribution >= 0.6 is 11.3 Å². The summed E-state index contributed by atoms with van der Waals surface area (Å²) < 4.78 is 14.9. The number of likely N-dealkylation sites (tertiary alicyclic amines) is 1. The second-order valence-electron chi connectivity index (χ2n) is 6.81. The van der Waals surface area contributed by atoms with Crippen molar-refractivity contribution in [3.8, 4) is 17.2 Å². The summed E-state index contributed by atoms with van der Waals surface area (Å²) in [5.41, 5.74) is -0.0131. The maximum absolute atomic E-state index is 11.6. The lowest BCUT2D eigenvalue weighted by Crippen LogP contribution is -2.23. The number of ether oxygens (including phenoxy) is 3. The number of benzene rings is 1. The second-order valence-corrected chi connectivity index (χ2v) is 7.84. The lowest BCUT2D eigenvalue weighted by Gasteiger charge is -2.12. The number of carboxylic acids is 1. The van der Waals surface area contributed by atoms with E-state index in [1.54, 1.807) is 11.3 Å². The van der Waals surface area contributed by atoms with Gasteiger partial charge in [-0.2, -0.15) is 0 Å². The quantitative estimate of drug-likeness (QED) is 0.642. The summed E-state index contributed by atoms with van der Waals surface area (Å²) in [5, 5.41) is 11.0. The molecule has 0 unspecified atom stereocenters. The highest BCUT2D eigenvalue weighted by Gasteiger charge is 2.19. The number of methoxy groups -OCH3 is 3. The minimum atomic E-state index is -1.11. The van der Waals surface area contributed by atoms with Crippen LogP contribution in [-0.2, 0) is 11.2 Å². The molecule has 0 spiro atoms. The van der Waals surface area contributed by atoms with E-state index in [4.69, 9.17) is 19.3 Å². The van der Waals surface area contributed by atoms with Crippen LogP contribution in [-0.4, -0.2) is 62.7 Å². The number of thiophene rings is 1. The standard InChI is InChI=1S/C12H17NOS.C10H12O5/c14-11(10-12-4-3-9-15-12)5-8-13-6-1-2-7-13;1-13-6-4-7(14-2)9(10(11)12)8(5-6)15-3/h3-4,9H,1-2,5-8,10H2;4-5H,1-3H3,(H,11,12). The summed E-state index contributed by atoms with van der Waals surface area (Å²) in [5.74, 6) is 0.168. The van der Waals surface area contributed by atoms with E-state index in [2.05, 4.69) is 4.90 Å². The van der Waals surface area contributed by atoms with Crippen LogP contribution in [0.15, 0.2) is 29.6 Å². The number of carbonyl (C=O) groups excluding carboxylic acids is 1. The van der Waals surface area contributed by atoms with Crippen molar-refractivity contribution in [3.05, 3.63) is 40.1 Å². The monoisotopic (exact) mass is 435 g/mol. The summed E-state index contributed by atoms with van der Waals surface area (Å²) in [7, 11) is 4.26. The van der Waals surface area contributed by atoms with Crippen molar-refractivity contribution in [3.63, 3.8) is 0 Å². The summed E-state index contributed by atoms with van der Waals surface area (Å²) in [6.45, 7) is 3.34. The zero-order chi connectivity index (χ0) is 21.9. The van der Waals surface area contributed by atoms with Crippen LogP contribution in [0.5, 0.6) is 17.2 Å². The molecule has 1 fully saturated rings. The van der Waals surface area contributed by atoms with Crippen molar-refractivity contribution in [2.45, 2.75) is 25.7 Å². The van der Waals surface area contributed by atoms with Crippen molar-refractivity contribution >= 4 is 23.1 Å². The zero-order valence-corrected chi connectivity index (χ0v) is 18.5. The van der Waals surface area contributed by atoms with Crippen LogP contribution in [0.1, 0.15) is 34.5 Å². The van der Waals surface area contributed by atoms with Crippen molar-refractivity contribution < 1.29 is 28.9 Å². The smallest absolute Gasteiger partial charge is 0.343 e. The molecule has 1 aliphatic rings. The Morgan fingerprint density at radius 2 is 1.70 bits per heavy atom. The fraction of sp³-hybridized carbons (Fsp3) is 0.455. The molecule has 0 radical (unpaired) electrons. The minimum absolute atomic E-state index is 0.0131. The molecule has 0 saturated carbocycles. The van der Waals surface area contributed by atoms with E-state index in [-0.39, 0.29) is 17.1 Å². The molecule has 7 nitrogen and oxygen atoms in total. The lowest BCUT2D eigenvalue weighted by atomic mass is 10.1. The van der Waals surface area contributed by atoms with Gasteiger partial charge in [0.25, 0.3) is 0 Å². The van der Waals surface area contributed by atoms with Gasteiger partial charge in [-0.1, -0.05) is 6.07 Å². The third kappa shape index (κ3) is 7.03. The number of ketones is 1. The van der Waals surface area contributed by atoms with Gasteiger partial charge in [-0.05, 0) is 37.4 Å².